The summed E-state index contributed by atoms with van der Waals surface area (Å²) in [5.74, 6) is 0.863. The van der Waals surface area contributed by atoms with E-state index < -0.39 is 0 Å². The fourth-order valence-electron chi connectivity index (χ4n) is 3.22. The maximum absolute atomic E-state index is 12.4. The van der Waals surface area contributed by atoms with Gasteiger partial charge >= 0.3 is 0 Å². The number of carbonyl (C=O) groups excluding carboxylic acids is 1. The number of hydrogen-bond acceptors (Lipinski definition) is 3. The summed E-state index contributed by atoms with van der Waals surface area (Å²) in [5, 5.41) is 3.60. The zero-order valence-corrected chi connectivity index (χ0v) is 16.4. The number of fused-ring (bicyclic) bond motifs is 1. The van der Waals surface area contributed by atoms with E-state index in [1.165, 1.54) is 5.56 Å². The standard InChI is InChI=1S/C22H26N4O2/c1-3-26(14-20-24-19-12-8-7-11-18(19)22(28)25-20)15-21(27)23-13-16(2)17-9-5-4-6-10-17/h4-12,16H,3,13-15H2,1-2H3,(H,23,27)(H,24,25,28)/p+1/t16-/m1/s1. The number of likely N-dealkylation sites (N-methyl/N-ethyl adjacent to an activating group) is 1. The Morgan fingerprint density at radius 3 is 2.61 bits per heavy atom. The predicted molar refractivity (Wildman–Crippen MR) is 110 cm³/mol. The summed E-state index contributed by atoms with van der Waals surface area (Å²) in [7, 11) is 0. The third-order valence-corrected chi connectivity index (χ3v) is 4.96. The molecule has 6 nitrogen and oxygen atoms in total. The molecule has 1 unspecified atom stereocenters. The fraction of sp³-hybridized carbons (Fsp3) is 0.318. The molecule has 2 atom stereocenters. The van der Waals surface area contributed by atoms with E-state index in [9.17, 15) is 9.59 Å². The van der Waals surface area contributed by atoms with Crippen molar-refractivity contribution in [3.8, 4) is 0 Å². The normalized spacial score (nSPS) is 13.2. The van der Waals surface area contributed by atoms with Gasteiger partial charge in [0.25, 0.3) is 11.5 Å². The number of aromatic amines is 1. The van der Waals surface area contributed by atoms with Crippen molar-refractivity contribution in [1.29, 1.82) is 0 Å². The van der Waals surface area contributed by atoms with Crippen molar-refractivity contribution in [1.82, 2.24) is 15.3 Å². The first kappa shape index (κ1) is 19.8. The van der Waals surface area contributed by atoms with Gasteiger partial charge < -0.3 is 15.2 Å². The number of H-pyrrole nitrogens is 1. The lowest BCUT2D eigenvalue weighted by atomic mass is 10.0. The number of aromatic nitrogens is 2. The van der Waals surface area contributed by atoms with Gasteiger partial charge in [-0.3, -0.25) is 9.59 Å². The van der Waals surface area contributed by atoms with E-state index >= 15 is 0 Å². The molecule has 0 saturated heterocycles. The summed E-state index contributed by atoms with van der Waals surface area (Å²) in [6.07, 6.45) is 0. The molecule has 1 aromatic heterocycles. The van der Waals surface area contributed by atoms with Crippen LogP contribution in [0.3, 0.4) is 0 Å². The molecular weight excluding hydrogens is 352 g/mol. The molecule has 1 heterocycles. The topological polar surface area (TPSA) is 79.3 Å². The Morgan fingerprint density at radius 2 is 1.86 bits per heavy atom. The number of amides is 1. The van der Waals surface area contributed by atoms with Gasteiger partial charge in [0.15, 0.2) is 12.4 Å². The molecule has 6 heteroatoms. The second-order valence-electron chi connectivity index (χ2n) is 7.10. The Hall–Kier alpha value is -2.99. The number of hydrogen-bond donors (Lipinski definition) is 3. The van der Waals surface area contributed by atoms with Crippen molar-refractivity contribution in [2.45, 2.75) is 26.3 Å². The summed E-state index contributed by atoms with van der Waals surface area (Å²) in [6.45, 7) is 6.33. The molecule has 0 radical (unpaired) electrons. The van der Waals surface area contributed by atoms with Gasteiger partial charge in [0.05, 0.1) is 17.4 Å². The van der Waals surface area contributed by atoms with Crippen molar-refractivity contribution in [3.05, 3.63) is 76.3 Å². The first-order valence-electron chi connectivity index (χ1n) is 9.70. The number of nitrogens with zero attached hydrogens (tertiary/aromatic N) is 1. The van der Waals surface area contributed by atoms with Gasteiger partial charge in [-0.2, -0.15) is 0 Å². The molecule has 0 bridgehead atoms. The third kappa shape index (κ3) is 5.04. The van der Waals surface area contributed by atoms with Gasteiger partial charge in [-0.15, -0.1) is 0 Å². The van der Waals surface area contributed by atoms with Crippen LogP contribution in [0.1, 0.15) is 31.2 Å². The lowest BCUT2D eigenvalue weighted by Gasteiger charge is -2.18. The van der Waals surface area contributed by atoms with Crippen LogP contribution in [0.15, 0.2) is 59.4 Å². The first-order chi connectivity index (χ1) is 13.6. The van der Waals surface area contributed by atoms with E-state index in [1.54, 1.807) is 6.07 Å². The second-order valence-corrected chi connectivity index (χ2v) is 7.10. The molecule has 28 heavy (non-hydrogen) atoms. The van der Waals surface area contributed by atoms with Gasteiger partial charge in [0.1, 0.15) is 6.54 Å². The quantitative estimate of drug-likeness (QED) is 0.551. The van der Waals surface area contributed by atoms with Crippen LogP contribution in [-0.4, -0.2) is 35.5 Å². The number of rotatable bonds is 8. The fourth-order valence-corrected chi connectivity index (χ4v) is 3.22. The van der Waals surface area contributed by atoms with Crippen LogP contribution in [0.2, 0.25) is 0 Å². The largest absolute Gasteiger partial charge is 0.351 e. The molecule has 0 aliphatic carbocycles. The van der Waals surface area contributed by atoms with Crippen LogP contribution in [0.25, 0.3) is 10.9 Å². The number of benzene rings is 2. The van der Waals surface area contributed by atoms with Crippen molar-refractivity contribution < 1.29 is 9.69 Å². The Labute approximate surface area is 164 Å². The minimum Gasteiger partial charge on any atom is -0.351 e. The van der Waals surface area contributed by atoms with E-state index in [1.807, 2.05) is 43.3 Å². The molecule has 0 spiro atoms. The molecule has 3 rings (SSSR count). The van der Waals surface area contributed by atoms with Crippen molar-refractivity contribution in [2.24, 2.45) is 0 Å². The highest BCUT2D eigenvalue weighted by atomic mass is 16.2. The summed E-state index contributed by atoms with van der Waals surface area (Å²) < 4.78 is 0. The molecule has 0 aliphatic rings. The van der Waals surface area contributed by atoms with E-state index in [-0.39, 0.29) is 17.4 Å². The van der Waals surface area contributed by atoms with Crippen LogP contribution >= 0.6 is 0 Å². The molecule has 0 saturated carbocycles. The SMILES string of the molecule is CC[NH+](CC(=O)NC[C@@H](C)c1ccccc1)Cc1nc2ccccc2c(=O)[nH]1. The zero-order valence-electron chi connectivity index (χ0n) is 16.4. The number of para-hydroxylation sites is 1. The lowest BCUT2D eigenvalue weighted by Crippen LogP contribution is -3.11. The highest BCUT2D eigenvalue weighted by Crippen LogP contribution is 2.12. The second kappa shape index (κ2) is 9.28. The number of nitrogens with one attached hydrogen (secondary N) is 3. The van der Waals surface area contributed by atoms with Gasteiger partial charge in [0.2, 0.25) is 0 Å². The van der Waals surface area contributed by atoms with E-state index in [4.69, 9.17) is 0 Å². The first-order valence-corrected chi connectivity index (χ1v) is 9.70. The van der Waals surface area contributed by atoms with E-state index in [2.05, 4.69) is 34.3 Å². The minimum atomic E-state index is -0.141. The molecule has 0 fully saturated rings. The minimum absolute atomic E-state index is 0.00256. The highest BCUT2D eigenvalue weighted by Gasteiger charge is 2.16. The monoisotopic (exact) mass is 379 g/mol. The van der Waals surface area contributed by atoms with Crippen molar-refractivity contribution in [3.63, 3.8) is 0 Å². The van der Waals surface area contributed by atoms with Crippen LogP contribution in [-0.2, 0) is 11.3 Å². The third-order valence-electron chi connectivity index (χ3n) is 4.96. The average molecular weight is 379 g/mol. The Kier molecular flexibility index (Phi) is 6.55. The van der Waals surface area contributed by atoms with Gasteiger partial charge in [0, 0.05) is 6.54 Å². The Balaban J connectivity index is 1.58. The van der Waals surface area contributed by atoms with Gasteiger partial charge in [-0.05, 0) is 30.5 Å². The molecule has 3 aromatic rings. The van der Waals surface area contributed by atoms with Crippen molar-refractivity contribution in [2.75, 3.05) is 19.6 Å². The van der Waals surface area contributed by atoms with Gasteiger partial charge in [-0.1, -0.05) is 49.4 Å². The van der Waals surface area contributed by atoms with Crippen LogP contribution in [0, 0.1) is 0 Å². The molecule has 1 amide bonds. The Bertz CT molecular complexity index is 984. The summed E-state index contributed by atoms with van der Waals surface area (Å²) in [5.41, 5.74) is 1.75. The lowest BCUT2D eigenvalue weighted by molar-refractivity contribution is -0.904. The average Bonchev–Trinajstić information content (AvgIpc) is 2.72. The highest BCUT2D eigenvalue weighted by molar-refractivity contribution is 5.77. The van der Waals surface area contributed by atoms with E-state index in [0.717, 1.165) is 11.4 Å². The number of carbonyl (C=O) groups is 1. The Morgan fingerprint density at radius 1 is 1.14 bits per heavy atom. The molecule has 3 N–H and O–H groups in total. The summed E-state index contributed by atoms with van der Waals surface area (Å²) in [4.78, 5) is 33.0. The van der Waals surface area contributed by atoms with Crippen LogP contribution in [0.5, 0.6) is 0 Å². The van der Waals surface area contributed by atoms with Crippen LogP contribution in [0.4, 0.5) is 0 Å². The smallest absolute Gasteiger partial charge is 0.275 e. The summed E-state index contributed by atoms with van der Waals surface area (Å²) >= 11 is 0. The van der Waals surface area contributed by atoms with E-state index in [0.29, 0.717) is 36.4 Å². The zero-order chi connectivity index (χ0) is 19.9. The number of quaternary nitrogens is 1. The maximum Gasteiger partial charge on any atom is 0.275 e. The maximum atomic E-state index is 12.4. The van der Waals surface area contributed by atoms with Crippen molar-refractivity contribution >= 4 is 16.8 Å². The summed E-state index contributed by atoms with van der Waals surface area (Å²) in [6, 6.07) is 17.4. The predicted octanol–water partition coefficient (Wildman–Crippen LogP) is 1.25. The van der Waals surface area contributed by atoms with Crippen LogP contribution < -0.4 is 15.8 Å². The van der Waals surface area contributed by atoms with Gasteiger partial charge in [-0.25, -0.2) is 4.98 Å². The molecule has 146 valence electrons. The molecular formula is C22H27N4O2+. The molecule has 2 aromatic carbocycles. The molecule has 0 aliphatic heterocycles.